The lowest BCUT2D eigenvalue weighted by molar-refractivity contribution is -0.142. The van der Waals surface area contributed by atoms with Crippen molar-refractivity contribution in [2.24, 2.45) is 0 Å². The topological polar surface area (TPSA) is 43.4 Å². The zero-order chi connectivity index (χ0) is 17.7. The monoisotopic (exact) mass is 340 g/mol. The molecular weight excluding hydrogens is 319 g/mol. The van der Waals surface area contributed by atoms with E-state index in [1.165, 1.54) is 0 Å². The van der Waals surface area contributed by atoms with E-state index >= 15 is 0 Å². The first kappa shape index (κ1) is 18.0. The van der Waals surface area contributed by atoms with Gasteiger partial charge in [-0.3, -0.25) is 4.79 Å². The number of esters is 1. The average molecular weight is 340 g/mol. The Kier molecular flexibility index (Phi) is 5.65. The number of rotatable bonds is 5. The number of terminal acetylenes is 1. The summed E-state index contributed by atoms with van der Waals surface area (Å²) in [6.07, 6.45) is 4.40. The van der Waals surface area contributed by atoms with Crippen LogP contribution in [0.2, 0.25) is 0 Å². The summed E-state index contributed by atoms with van der Waals surface area (Å²) in [4.78, 5) is 12.2. The van der Waals surface area contributed by atoms with Crippen molar-refractivity contribution in [2.75, 3.05) is 6.16 Å². The van der Waals surface area contributed by atoms with Gasteiger partial charge in [-0.1, -0.05) is 65.6 Å². The Morgan fingerprint density at radius 3 is 1.83 bits per heavy atom. The molecule has 0 fully saturated rings. The Labute approximate surface area is 143 Å². The third-order valence-electron chi connectivity index (χ3n) is 3.80. The molecule has 3 nitrogen and oxygen atoms in total. The van der Waals surface area contributed by atoms with Crippen LogP contribution in [0.15, 0.2) is 48.5 Å². The molecule has 24 heavy (non-hydrogen) atoms. The zero-order valence-corrected chi connectivity index (χ0v) is 15.0. The smallest absolute Gasteiger partial charge is 0.315 e. The van der Waals surface area contributed by atoms with Crippen molar-refractivity contribution in [3.8, 4) is 12.3 Å². The van der Waals surface area contributed by atoms with Gasteiger partial charge in [-0.05, 0) is 20.8 Å². The highest BCUT2D eigenvalue weighted by molar-refractivity contribution is 7.79. The summed E-state index contributed by atoms with van der Waals surface area (Å²) in [6, 6.07) is 14.8. The Balaban J connectivity index is 2.43. The lowest BCUT2D eigenvalue weighted by Gasteiger charge is -2.19. The van der Waals surface area contributed by atoms with E-state index in [0.29, 0.717) is 10.6 Å². The normalized spacial score (nSPS) is 12.2. The van der Waals surface area contributed by atoms with Crippen LogP contribution in [0.1, 0.15) is 18.1 Å². The zero-order valence-electron chi connectivity index (χ0n) is 14.2. The highest BCUT2D eigenvalue weighted by Gasteiger charge is 2.31. The molecule has 2 aromatic carbocycles. The highest BCUT2D eigenvalue weighted by atomic mass is 31.2. The van der Waals surface area contributed by atoms with Gasteiger partial charge >= 0.3 is 5.97 Å². The molecular formula is C20H21O3P. The molecule has 2 rings (SSSR count). The van der Waals surface area contributed by atoms with Crippen LogP contribution in [0.3, 0.4) is 0 Å². The van der Waals surface area contributed by atoms with E-state index in [9.17, 15) is 9.36 Å². The molecule has 0 radical (unpaired) electrons. The van der Waals surface area contributed by atoms with E-state index in [0.717, 1.165) is 11.1 Å². The molecule has 0 bridgehead atoms. The number of ether oxygens (including phenoxy) is 1. The molecule has 0 N–H and O–H groups in total. The minimum absolute atomic E-state index is 0.203. The molecule has 2 aromatic rings. The summed E-state index contributed by atoms with van der Waals surface area (Å²) >= 11 is 0. The lowest BCUT2D eigenvalue weighted by atomic mass is 10.2. The lowest BCUT2D eigenvalue weighted by Crippen LogP contribution is -2.25. The second kappa shape index (κ2) is 7.51. The van der Waals surface area contributed by atoms with Crippen molar-refractivity contribution in [3.63, 3.8) is 0 Å². The standard InChI is InChI=1S/C20H21O3P/c1-5-17(4)23-20(21)14-24(22,18-10-6-15(2)7-11-18)19-12-8-16(3)9-13-19/h1,6-13,17H,14H2,2-4H3. The molecule has 0 aliphatic rings. The molecule has 0 aromatic heterocycles. The first-order chi connectivity index (χ1) is 11.3. The Hall–Kier alpha value is -2.30. The van der Waals surface area contributed by atoms with Crippen molar-refractivity contribution in [3.05, 3.63) is 59.7 Å². The van der Waals surface area contributed by atoms with Crippen LogP contribution in [-0.2, 0) is 14.1 Å². The SMILES string of the molecule is C#CC(C)OC(=O)CP(=O)(c1ccc(C)cc1)c1ccc(C)cc1. The summed E-state index contributed by atoms with van der Waals surface area (Å²) < 4.78 is 18.9. The summed E-state index contributed by atoms with van der Waals surface area (Å²) in [5, 5.41) is 1.28. The quantitative estimate of drug-likeness (QED) is 0.477. The van der Waals surface area contributed by atoms with Gasteiger partial charge in [-0.25, -0.2) is 0 Å². The van der Waals surface area contributed by atoms with E-state index in [1.807, 2.05) is 62.4 Å². The molecule has 0 spiro atoms. The Bertz CT molecular complexity index is 749. The van der Waals surface area contributed by atoms with E-state index in [4.69, 9.17) is 11.2 Å². The minimum atomic E-state index is -3.13. The molecule has 0 aliphatic heterocycles. The summed E-state index contributed by atoms with van der Waals surface area (Å²) in [5.74, 6) is 1.79. The van der Waals surface area contributed by atoms with Gasteiger partial charge in [0, 0.05) is 10.6 Å². The molecule has 124 valence electrons. The molecule has 0 saturated carbocycles. The van der Waals surface area contributed by atoms with E-state index < -0.39 is 19.2 Å². The fourth-order valence-corrected chi connectivity index (χ4v) is 4.72. The van der Waals surface area contributed by atoms with Gasteiger partial charge in [0.15, 0.2) is 13.2 Å². The van der Waals surface area contributed by atoms with Crippen LogP contribution >= 0.6 is 7.14 Å². The van der Waals surface area contributed by atoms with Gasteiger partial charge in [-0.2, -0.15) is 0 Å². The van der Waals surface area contributed by atoms with Crippen LogP contribution < -0.4 is 10.6 Å². The van der Waals surface area contributed by atoms with E-state index in [-0.39, 0.29) is 6.16 Å². The Morgan fingerprint density at radius 1 is 1.04 bits per heavy atom. The maximum absolute atomic E-state index is 13.8. The van der Waals surface area contributed by atoms with Crippen molar-refractivity contribution in [1.82, 2.24) is 0 Å². The molecule has 0 amide bonds. The maximum Gasteiger partial charge on any atom is 0.315 e. The van der Waals surface area contributed by atoms with Gasteiger partial charge in [0.05, 0.1) is 0 Å². The molecule has 4 heteroatoms. The van der Waals surface area contributed by atoms with Crippen LogP contribution in [0.5, 0.6) is 0 Å². The molecule has 0 heterocycles. The number of carbonyl (C=O) groups is 1. The van der Waals surface area contributed by atoms with Crippen molar-refractivity contribution in [2.45, 2.75) is 26.9 Å². The van der Waals surface area contributed by atoms with Gasteiger partial charge in [0.25, 0.3) is 0 Å². The summed E-state index contributed by atoms with van der Waals surface area (Å²) in [7, 11) is -3.13. The van der Waals surface area contributed by atoms with Crippen LogP contribution in [0.25, 0.3) is 0 Å². The van der Waals surface area contributed by atoms with E-state index in [1.54, 1.807) is 6.92 Å². The predicted molar refractivity (Wildman–Crippen MR) is 98.5 cm³/mol. The molecule has 1 unspecified atom stereocenters. The molecule has 0 aliphatic carbocycles. The number of hydrogen-bond donors (Lipinski definition) is 0. The van der Waals surface area contributed by atoms with Gasteiger partial charge in [0.1, 0.15) is 6.16 Å². The van der Waals surface area contributed by atoms with Crippen LogP contribution in [0.4, 0.5) is 0 Å². The molecule has 1 atom stereocenters. The van der Waals surface area contributed by atoms with E-state index in [2.05, 4.69) is 5.92 Å². The summed E-state index contributed by atoms with van der Waals surface area (Å²) in [5.41, 5.74) is 2.13. The van der Waals surface area contributed by atoms with Crippen LogP contribution in [0, 0.1) is 26.2 Å². The average Bonchev–Trinajstić information content (AvgIpc) is 2.55. The van der Waals surface area contributed by atoms with Crippen molar-refractivity contribution >= 4 is 23.7 Å². The minimum Gasteiger partial charge on any atom is -0.449 e. The maximum atomic E-state index is 13.8. The molecule has 0 saturated heterocycles. The van der Waals surface area contributed by atoms with Crippen molar-refractivity contribution in [1.29, 1.82) is 0 Å². The number of carbonyl (C=O) groups excluding carboxylic acids is 1. The number of aryl methyl sites for hydroxylation is 2. The second-order valence-corrected chi connectivity index (χ2v) is 8.70. The highest BCUT2D eigenvalue weighted by Crippen LogP contribution is 2.43. The number of benzene rings is 2. The van der Waals surface area contributed by atoms with Gasteiger partial charge < -0.3 is 9.30 Å². The number of hydrogen-bond acceptors (Lipinski definition) is 3. The van der Waals surface area contributed by atoms with Crippen LogP contribution in [-0.4, -0.2) is 18.2 Å². The van der Waals surface area contributed by atoms with Gasteiger partial charge in [-0.15, -0.1) is 6.42 Å². The third kappa shape index (κ3) is 4.16. The predicted octanol–water partition coefficient (Wildman–Crippen LogP) is 3.18. The fourth-order valence-electron chi connectivity index (χ4n) is 2.35. The fraction of sp³-hybridized carbons (Fsp3) is 0.250. The largest absolute Gasteiger partial charge is 0.449 e. The van der Waals surface area contributed by atoms with Gasteiger partial charge in [0.2, 0.25) is 0 Å². The first-order valence-electron chi connectivity index (χ1n) is 7.74. The third-order valence-corrected chi connectivity index (χ3v) is 6.76. The Morgan fingerprint density at radius 2 is 1.46 bits per heavy atom. The summed E-state index contributed by atoms with van der Waals surface area (Å²) in [6.45, 7) is 5.54. The van der Waals surface area contributed by atoms with Crippen molar-refractivity contribution < 1.29 is 14.1 Å². The first-order valence-corrected chi connectivity index (χ1v) is 9.63. The second-order valence-electron chi connectivity index (χ2n) is 5.87.